The number of para-hydroxylation sites is 2. The summed E-state index contributed by atoms with van der Waals surface area (Å²) >= 11 is 12.1. The van der Waals surface area contributed by atoms with Gasteiger partial charge >= 0.3 is 5.97 Å². The lowest BCUT2D eigenvalue weighted by Gasteiger charge is -2.33. The Balaban J connectivity index is 1.35. The number of carboxylic acids is 1. The molecule has 2 aromatic carbocycles. The van der Waals surface area contributed by atoms with Crippen molar-refractivity contribution in [1.29, 1.82) is 0 Å². The Morgan fingerprint density at radius 3 is 2.61 bits per heavy atom. The standard InChI is InChI=1S/C27H28Cl2N4O5/c1-2-37-21-7-3-4-8-22(21)38-18-6-5-11-33(16-18)24-15-30-14-23(31-24)32-25(34)10-9-17-12-19(28)26(27(35)36)20(29)13-17/h3-4,7-8,12-15,18H,2,5-6,9-11,16H2,1H3,(H,35,36)(H,31,32,34). The minimum atomic E-state index is -1.20. The number of rotatable bonds is 10. The molecular formula is C27H28Cl2N4O5. The van der Waals surface area contributed by atoms with Gasteiger partial charge in [-0.1, -0.05) is 35.3 Å². The molecule has 1 amide bonds. The van der Waals surface area contributed by atoms with Gasteiger partial charge in [-0.15, -0.1) is 0 Å². The second kappa shape index (κ2) is 12.8. The number of aromatic carboxylic acids is 1. The molecule has 0 spiro atoms. The summed E-state index contributed by atoms with van der Waals surface area (Å²) < 4.78 is 11.9. The number of carboxylic acid groups (broad SMARTS) is 1. The average molecular weight is 559 g/mol. The van der Waals surface area contributed by atoms with Crippen LogP contribution in [0.2, 0.25) is 10.0 Å². The number of carbonyl (C=O) groups is 2. The highest BCUT2D eigenvalue weighted by Gasteiger charge is 2.24. The van der Waals surface area contributed by atoms with Crippen LogP contribution in [-0.4, -0.2) is 52.8 Å². The number of ether oxygens (including phenoxy) is 2. The normalized spacial score (nSPS) is 15.1. The number of amides is 1. The maximum absolute atomic E-state index is 12.6. The summed E-state index contributed by atoms with van der Waals surface area (Å²) in [5, 5.41) is 12.0. The predicted molar refractivity (Wildman–Crippen MR) is 146 cm³/mol. The molecule has 1 aliphatic heterocycles. The molecule has 0 bridgehead atoms. The lowest BCUT2D eigenvalue weighted by Crippen LogP contribution is -2.41. The van der Waals surface area contributed by atoms with Crippen molar-refractivity contribution in [3.05, 3.63) is 70.0 Å². The lowest BCUT2D eigenvalue weighted by molar-refractivity contribution is -0.116. The van der Waals surface area contributed by atoms with Crippen LogP contribution in [0.3, 0.4) is 0 Å². The van der Waals surface area contributed by atoms with Gasteiger partial charge in [0.2, 0.25) is 5.91 Å². The Hall–Kier alpha value is -3.56. The average Bonchev–Trinajstić information content (AvgIpc) is 2.88. The van der Waals surface area contributed by atoms with Gasteiger partial charge in [0.05, 0.1) is 41.2 Å². The van der Waals surface area contributed by atoms with Crippen molar-refractivity contribution in [2.45, 2.75) is 38.7 Å². The van der Waals surface area contributed by atoms with E-state index in [0.717, 1.165) is 25.1 Å². The number of halogens is 2. The van der Waals surface area contributed by atoms with Crippen LogP contribution in [0.15, 0.2) is 48.8 Å². The molecule has 38 heavy (non-hydrogen) atoms. The molecule has 1 saturated heterocycles. The number of nitrogens with one attached hydrogen (secondary N) is 1. The summed E-state index contributed by atoms with van der Waals surface area (Å²) in [4.78, 5) is 34.7. The minimum Gasteiger partial charge on any atom is -0.490 e. The fraction of sp³-hybridized carbons (Fsp3) is 0.333. The molecule has 0 radical (unpaired) electrons. The van der Waals surface area contributed by atoms with Gasteiger partial charge < -0.3 is 24.8 Å². The second-order valence-electron chi connectivity index (χ2n) is 8.76. The Labute approximate surface area is 230 Å². The van der Waals surface area contributed by atoms with Crippen molar-refractivity contribution < 1.29 is 24.2 Å². The number of nitrogens with zero attached hydrogens (tertiary/aromatic N) is 3. The summed E-state index contributed by atoms with van der Waals surface area (Å²) in [7, 11) is 0. The molecular weight excluding hydrogens is 531 g/mol. The largest absolute Gasteiger partial charge is 0.490 e. The quantitative estimate of drug-likeness (QED) is 0.335. The van der Waals surface area contributed by atoms with Crippen LogP contribution < -0.4 is 19.7 Å². The predicted octanol–water partition coefficient (Wildman–Crippen LogP) is 5.50. The van der Waals surface area contributed by atoms with E-state index >= 15 is 0 Å². The molecule has 1 fully saturated rings. The van der Waals surface area contributed by atoms with Crippen molar-refractivity contribution in [3.63, 3.8) is 0 Å². The molecule has 0 aliphatic carbocycles. The van der Waals surface area contributed by atoms with E-state index in [-0.39, 0.29) is 34.0 Å². The van der Waals surface area contributed by atoms with Gasteiger partial charge in [0.1, 0.15) is 11.9 Å². The monoisotopic (exact) mass is 558 g/mol. The third kappa shape index (κ3) is 7.05. The van der Waals surface area contributed by atoms with Gasteiger partial charge in [-0.25, -0.2) is 9.78 Å². The van der Waals surface area contributed by atoms with E-state index in [9.17, 15) is 14.7 Å². The maximum atomic E-state index is 12.6. The van der Waals surface area contributed by atoms with Crippen molar-refractivity contribution in [3.8, 4) is 11.5 Å². The Kier molecular flexibility index (Phi) is 9.25. The molecule has 1 atom stereocenters. The van der Waals surface area contributed by atoms with Gasteiger partial charge in [0.25, 0.3) is 0 Å². The molecule has 9 nitrogen and oxygen atoms in total. The number of piperidine rings is 1. The van der Waals surface area contributed by atoms with Gasteiger partial charge in [-0.2, -0.15) is 0 Å². The molecule has 2 N–H and O–H groups in total. The molecule has 1 aliphatic rings. The van der Waals surface area contributed by atoms with E-state index in [4.69, 9.17) is 32.7 Å². The number of aryl methyl sites for hydroxylation is 1. The smallest absolute Gasteiger partial charge is 0.338 e. The lowest BCUT2D eigenvalue weighted by atomic mass is 10.1. The molecule has 3 aromatic rings. The van der Waals surface area contributed by atoms with E-state index in [1.165, 1.54) is 18.3 Å². The summed E-state index contributed by atoms with van der Waals surface area (Å²) in [6, 6.07) is 10.6. The number of aromatic nitrogens is 2. The number of carbonyl (C=O) groups excluding carboxylic acids is 1. The summed E-state index contributed by atoms with van der Waals surface area (Å²) in [5.41, 5.74) is 0.503. The zero-order valence-electron chi connectivity index (χ0n) is 20.8. The Morgan fingerprint density at radius 1 is 1.16 bits per heavy atom. The van der Waals surface area contributed by atoms with E-state index in [0.29, 0.717) is 42.5 Å². The van der Waals surface area contributed by atoms with Crippen molar-refractivity contribution in [2.75, 3.05) is 29.9 Å². The van der Waals surface area contributed by atoms with Crippen LogP contribution in [0.1, 0.15) is 42.1 Å². The first-order valence-electron chi connectivity index (χ1n) is 12.3. The fourth-order valence-electron chi connectivity index (χ4n) is 4.25. The number of benzene rings is 2. The molecule has 2 heterocycles. The molecule has 1 unspecified atom stereocenters. The van der Waals surface area contributed by atoms with Crippen molar-refractivity contribution in [1.82, 2.24) is 9.97 Å². The maximum Gasteiger partial charge on any atom is 0.338 e. The number of anilines is 2. The minimum absolute atomic E-state index is 0.0316. The highest BCUT2D eigenvalue weighted by atomic mass is 35.5. The summed E-state index contributed by atoms with van der Waals surface area (Å²) in [6.45, 7) is 3.92. The highest BCUT2D eigenvalue weighted by molar-refractivity contribution is 6.39. The Morgan fingerprint density at radius 2 is 1.89 bits per heavy atom. The van der Waals surface area contributed by atoms with Crippen LogP contribution in [-0.2, 0) is 11.2 Å². The third-order valence-corrected chi connectivity index (χ3v) is 6.59. The van der Waals surface area contributed by atoms with Gasteiger partial charge in [-0.3, -0.25) is 9.78 Å². The van der Waals surface area contributed by atoms with Gasteiger partial charge in [0, 0.05) is 13.0 Å². The van der Waals surface area contributed by atoms with E-state index in [2.05, 4.69) is 20.2 Å². The van der Waals surface area contributed by atoms with E-state index in [1.807, 2.05) is 31.2 Å². The zero-order valence-corrected chi connectivity index (χ0v) is 22.3. The van der Waals surface area contributed by atoms with Crippen LogP contribution in [0.4, 0.5) is 11.6 Å². The second-order valence-corrected chi connectivity index (χ2v) is 9.57. The first-order chi connectivity index (χ1) is 18.3. The molecule has 4 rings (SSSR count). The first-order valence-corrected chi connectivity index (χ1v) is 13.1. The van der Waals surface area contributed by atoms with Crippen LogP contribution in [0, 0.1) is 0 Å². The molecule has 0 saturated carbocycles. The zero-order chi connectivity index (χ0) is 27.1. The molecule has 11 heteroatoms. The summed E-state index contributed by atoms with van der Waals surface area (Å²) in [6.07, 6.45) is 5.40. The highest BCUT2D eigenvalue weighted by Crippen LogP contribution is 2.30. The molecule has 200 valence electrons. The van der Waals surface area contributed by atoms with Crippen LogP contribution in [0.25, 0.3) is 0 Å². The Bertz CT molecular complexity index is 1280. The van der Waals surface area contributed by atoms with E-state index in [1.54, 1.807) is 6.20 Å². The van der Waals surface area contributed by atoms with E-state index < -0.39 is 5.97 Å². The van der Waals surface area contributed by atoms with Gasteiger partial charge in [0.15, 0.2) is 17.3 Å². The SMILES string of the molecule is CCOc1ccccc1OC1CCCN(c2cncc(NC(=O)CCc3cc(Cl)c(C(=O)O)c(Cl)c3)n2)C1. The summed E-state index contributed by atoms with van der Waals surface area (Å²) in [5.74, 6) is 0.960. The molecule has 1 aromatic heterocycles. The topological polar surface area (TPSA) is 114 Å². The third-order valence-electron chi connectivity index (χ3n) is 5.99. The number of hydrogen-bond donors (Lipinski definition) is 2. The van der Waals surface area contributed by atoms with Crippen molar-refractivity contribution in [2.24, 2.45) is 0 Å². The number of hydrogen-bond acceptors (Lipinski definition) is 7. The van der Waals surface area contributed by atoms with Crippen molar-refractivity contribution >= 4 is 46.7 Å². The first kappa shape index (κ1) is 27.5. The fourth-order valence-corrected chi connectivity index (χ4v) is 4.94. The van der Waals surface area contributed by atoms with Crippen LogP contribution in [0.5, 0.6) is 11.5 Å². The van der Waals surface area contributed by atoms with Gasteiger partial charge in [-0.05, 0) is 56.0 Å². The van der Waals surface area contributed by atoms with Crippen LogP contribution >= 0.6 is 23.2 Å².